The van der Waals surface area contributed by atoms with Gasteiger partial charge in [-0.15, -0.1) is 0 Å². The van der Waals surface area contributed by atoms with E-state index in [1.165, 1.54) is 6.07 Å². The Balaban J connectivity index is 1.90. The Labute approximate surface area is 191 Å². The van der Waals surface area contributed by atoms with E-state index in [9.17, 15) is 31.1 Å². The van der Waals surface area contributed by atoms with E-state index in [0.717, 1.165) is 19.9 Å². The third-order valence-electron chi connectivity index (χ3n) is 6.04. The number of hydrogen-bond donors (Lipinski definition) is 3. The first-order valence-corrected chi connectivity index (χ1v) is 10.9. The molecule has 1 aliphatic rings. The Bertz CT molecular complexity index is 1020. The van der Waals surface area contributed by atoms with E-state index in [0.29, 0.717) is 0 Å². The minimum atomic E-state index is -4.79. The SMILES string of the molecule is CC(C)(F)CNC(=O)C(CC(F)(F)F)c1ccc2[nH]c([C@@H](N)C3CCC(F)(F)CC3)nc2c1F. The highest BCUT2D eigenvalue weighted by molar-refractivity contribution is 5.86. The summed E-state index contributed by atoms with van der Waals surface area (Å²) in [4.78, 5) is 19.4. The minimum absolute atomic E-state index is 0.122. The first-order chi connectivity index (χ1) is 15.6. The molecule has 5 nitrogen and oxygen atoms in total. The maximum absolute atomic E-state index is 15.3. The van der Waals surface area contributed by atoms with Crippen molar-refractivity contribution >= 4 is 16.9 Å². The molecule has 2 atom stereocenters. The number of halogens is 7. The van der Waals surface area contributed by atoms with Crippen LogP contribution in [0.2, 0.25) is 0 Å². The minimum Gasteiger partial charge on any atom is -0.352 e. The number of imidazole rings is 1. The fraction of sp³-hybridized carbons (Fsp3) is 0.636. The average molecular weight is 496 g/mol. The summed E-state index contributed by atoms with van der Waals surface area (Å²) in [5.74, 6) is -7.21. The summed E-state index contributed by atoms with van der Waals surface area (Å²) in [6.45, 7) is 1.73. The molecular formula is C22H27F7N4O. The number of alkyl halides is 6. The number of aromatic amines is 1. The number of H-pyrrole nitrogens is 1. The van der Waals surface area contributed by atoms with Crippen molar-refractivity contribution in [2.45, 2.75) is 75.7 Å². The summed E-state index contributed by atoms with van der Waals surface area (Å²) in [5.41, 5.74) is 3.59. The van der Waals surface area contributed by atoms with Crippen molar-refractivity contribution in [3.05, 3.63) is 29.3 Å². The molecule has 1 amide bonds. The highest BCUT2D eigenvalue weighted by atomic mass is 19.4. The normalized spacial score (nSPS) is 19.2. The Morgan fingerprint density at radius 1 is 1.24 bits per heavy atom. The quantitative estimate of drug-likeness (QED) is 0.447. The zero-order chi connectivity index (χ0) is 25.5. The maximum atomic E-state index is 15.3. The van der Waals surface area contributed by atoms with Gasteiger partial charge in [-0.2, -0.15) is 13.2 Å². The molecule has 1 unspecified atom stereocenters. The van der Waals surface area contributed by atoms with Crippen molar-refractivity contribution in [1.82, 2.24) is 15.3 Å². The molecule has 1 heterocycles. The zero-order valence-corrected chi connectivity index (χ0v) is 18.7. The van der Waals surface area contributed by atoms with E-state index in [1.54, 1.807) is 0 Å². The number of carbonyl (C=O) groups excluding carboxylic acids is 1. The lowest BCUT2D eigenvalue weighted by Crippen LogP contribution is -2.39. The number of nitrogens with two attached hydrogens (primary N) is 1. The monoisotopic (exact) mass is 496 g/mol. The van der Waals surface area contributed by atoms with E-state index in [4.69, 9.17) is 5.73 Å². The Kier molecular flexibility index (Phi) is 7.22. The molecule has 0 aliphatic heterocycles. The lowest BCUT2D eigenvalue weighted by molar-refractivity contribution is -0.148. The van der Waals surface area contributed by atoms with E-state index < -0.39 is 60.0 Å². The second kappa shape index (κ2) is 9.35. The van der Waals surface area contributed by atoms with Gasteiger partial charge in [0.25, 0.3) is 0 Å². The van der Waals surface area contributed by atoms with Crippen LogP contribution in [0, 0.1) is 11.7 Å². The van der Waals surface area contributed by atoms with Crippen LogP contribution >= 0.6 is 0 Å². The number of carbonyl (C=O) groups is 1. The van der Waals surface area contributed by atoms with Crippen molar-refractivity contribution in [3.8, 4) is 0 Å². The highest BCUT2D eigenvalue weighted by Gasteiger charge is 2.40. The summed E-state index contributed by atoms with van der Waals surface area (Å²) < 4.78 is 95.4. The third-order valence-corrected chi connectivity index (χ3v) is 6.04. The van der Waals surface area contributed by atoms with Crippen molar-refractivity contribution in [1.29, 1.82) is 0 Å². The largest absolute Gasteiger partial charge is 0.390 e. The maximum Gasteiger partial charge on any atom is 0.390 e. The summed E-state index contributed by atoms with van der Waals surface area (Å²) >= 11 is 0. The fourth-order valence-corrected chi connectivity index (χ4v) is 4.14. The van der Waals surface area contributed by atoms with Crippen molar-refractivity contribution in [3.63, 3.8) is 0 Å². The molecule has 12 heteroatoms. The van der Waals surface area contributed by atoms with Crippen LogP contribution < -0.4 is 11.1 Å². The summed E-state index contributed by atoms with van der Waals surface area (Å²) in [7, 11) is 0. The van der Waals surface area contributed by atoms with Crippen LogP contribution in [-0.2, 0) is 4.79 Å². The highest BCUT2D eigenvalue weighted by Crippen LogP contribution is 2.41. The van der Waals surface area contributed by atoms with Gasteiger partial charge in [-0.05, 0) is 38.7 Å². The van der Waals surface area contributed by atoms with Gasteiger partial charge in [-0.3, -0.25) is 4.79 Å². The van der Waals surface area contributed by atoms with Crippen molar-refractivity contribution in [2.75, 3.05) is 6.54 Å². The first-order valence-electron chi connectivity index (χ1n) is 10.9. The third kappa shape index (κ3) is 6.39. The van der Waals surface area contributed by atoms with Gasteiger partial charge < -0.3 is 16.0 Å². The number of hydrogen-bond acceptors (Lipinski definition) is 3. The lowest BCUT2D eigenvalue weighted by Gasteiger charge is -2.31. The molecule has 1 aromatic heterocycles. The number of amides is 1. The van der Waals surface area contributed by atoms with E-state index in [-0.39, 0.29) is 48.5 Å². The Morgan fingerprint density at radius 2 is 1.85 bits per heavy atom. The molecule has 3 rings (SSSR count). The molecule has 1 aromatic carbocycles. The van der Waals surface area contributed by atoms with Gasteiger partial charge >= 0.3 is 6.18 Å². The molecule has 0 radical (unpaired) electrons. The predicted octanol–water partition coefficient (Wildman–Crippen LogP) is 5.43. The standard InChI is InChI=1S/C22H27F7N4O/c1-20(2,24)10-31-19(34)13(9-22(27,28)29)12-3-4-14-17(15(12)23)33-18(32-14)16(30)11-5-7-21(25,26)8-6-11/h3-4,11,13,16H,5-10,30H2,1-2H3,(H,31,34)(H,32,33)/t13?,16-/m0/s1. The summed E-state index contributed by atoms with van der Waals surface area (Å²) in [6, 6.07) is 1.53. The smallest absolute Gasteiger partial charge is 0.352 e. The van der Waals surface area contributed by atoms with Gasteiger partial charge in [0.05, 0.1) is 30.4 Å². The molecule has 4 N–H and O–H groups in total. The Hall–Kier alpha value is -2.37. The summed E-state index contributed by atoms with van der Waals surface area (Å²) in [5, 5.41) is 2.10. The van der Waals surface area contributed by atoms with Gasteiger partial charge in [0, 0.05) is 18.4 Å². The van der Waals surface area contributed by atoms with Crippen LogP contribution in [0.4, 0.5) is 30.7 Å². The molecule has 1 aliphatic carbocycles. The number of nitrogens with zero attached hydrogens (tertiary/aromatic N) is 1. The molecule has 34 heavy (non-hydrogen) atoms. The molecule has 0 bridgehead atoms. The van der Waals surface area contributed by atoms with Gasteiger partial charge in [0.1, 0.15) is 17.0 Å². The van der Waals surface area contributed by atoms with Crippen LogP contribution in [0.25, 0.3) is 11.0 Å². The van der Waals surface area contributed by atoms with E-state index >= 15 is 4.39 Å². The molecule has 1 fully saturated rings. The van der Waals surface area contributed by atoms with Gasteiger partial charge in [-0.25, -0.2) is 22.5 Å². The van der Waals surface area contributed by atoms with Crippen LogP contribution in [-0.4, -0.2) is 40.2 Å². The van der Waals surface area contributed by atoms with Crippen LogP contribution in [0.3, 0.4) is 0 Å². The number of benzene rings is 1. The second-order valence-electron chi connectivity index (χ2n) is 9.51. The second-order valence-corrected chi connectivity index (χ2v) is 9.51. The average Bonchev–Trinajstić information content (AvgIpc) is 3.14. The predicted molar refractivity (Wildman–Crippen MR) is 111 cm³/mol. The van der Waals surface area contributed by atoms with Crippen molar-refractivity contribution < 1.29 is 35.5 Å². The molecular weight excluding hydrogens is 469 g/mol. The van der Waals surface area contributed by atoms with Gasteiger partial charge in [0.15, 0.2) is 5.82 Å². The fourth-order valence-electron chi connectivity index (χ4n) is 4.14. The van der Waals surface area contributed by atoms with Crippen LogP contribution in [0.1, 0.15) is 69.3 Å². The Morgan fingerprint density at radius 3 is 2.41 bits per heavy atom. The molecule has 0 saturated heterocycles. The summed E-state index contributed by atoms with van der Waals surface area (Å²) in [6.07, 6.45) is -6.80. The molecule has 1 saturated carbocycles. The number of aromatic nitrogens is 2. The number of rotatable bonds is 7. The van der Waals surface area contributed by atoms with Gasteiger partial charge in [-0.1, -0.05) is 6.07 Å². The molecule has 2 aromatic rings. The molecule has 190 valence electrons. The van der Waals surface area contributed by atoms with Crippen molar-refractivity contribution in [2.24, 2.45) is 11.7 Å². The zero-order valence-electron chi connectivity index (χ0n) is 18.7. The van der Waals surface area contributed by atoms with E-state index in [1.807, 2.05) is 0 Å². The van der Waals surface area contributed by atoms with E-state index in [2.05, 4.69) is 15.3 Å². The topological polar surface area (TPSA) is 83.8 Å². The molecule has 0 spiro atoms. The number of fused-ring (bicyclic) bond motifs is 1. The van der Waals surface area contributed by atoms with Gasteiger partial charge in [0.2, 0.25) is 11.8 Å². The van der Waals surface area contributed by atoms with Crippen LogP contribution in [0.15, 0.2) is 12.1 Å². The first kappa shape index (κ1) is 26.2. The number of nitrogens with one attached hydrogen (secondary N) is 2. The van der Waals surface area contributed by atoms with Crippen LogP contribution in [0.5, 0.6) is 0 Å². The lowest BCUT2D eigenvalue weighted by atomic mass is 9.82.